The average molecular weight is 291 g/mol. The molecule has 0 radical (unpaired) electrons. The van der Waals surface area contributed by atoms with Gasteiger partial charge < -0.3 is 9.47 Å². The molecule has 84 valence electrons. The minimum absolute atomic E-state index is 0.141. The topological polar surface area (TPSA) is 18.5 Å². The van der Waals surface area contributed by atoms with Crippen LogP contribution in [0.2, 0.25) is 0 Å². The number of halogens is 1. The van der Waals surface area contributed by atoms with Gasteiger partial charge in [-0.3, -0.25) is 0 Å². The SMILES string of the molecule is COC(CSc1ccc(Br)cc1C)OC. The Hall–Kier alpha value is -0.0300. The number of hydrogen-bond donors (Lipinski definition) is 0. The number of thioether (sulfide) groups is 1. The molecule has 0 saturated heterocycles. The fraction of sp³-hybridized carbons (Fsp3) is 0.455. The second-order valence-corrected chi connectivity index (χ2v) is 5.10. The van der Waals surface area contributed by atoms with Crippen LogP contribution in [0.4, 0.5) is 0 Å². The number of aryl methyl sites for hydroxylation is 1. The molecule has 1 aromatic carbocycles. The molecule has 0 unspecified atom stereocenters. The zero-order valence-electron chi connectivity index (χ0n) is 9.12. The van der Waals surface area contributed by atoms with Crippen LogP contribution in [0.5, 0.6) is 0 Å². The quantitative estimate of drug-likeness (QED) is 0.611. The summed E-state index contributed by atoms with van der Waals surface area (Å²) < 4.78 is 11.4. The standard InChI is InChI=1S/C11H15BrO2S/c1-8-6-9(12)4-5-10(8)15-7-11(13-2)14-3/h4-6,11H,7H2,1-3H3. The highest BCUT2D eigenvalue weighted by Crippen LogP contribution is 2.26. The zero-order chi connectivity index (χ0) is 11.3. The number of hydrogen-bond acceptors (Lipinski definition) is 3. The van der Waals surface area contributed by atoms with Gasteiger partial charge in [-0.15, -0.1) is 11.8 Å². The van der Waals surface area contributed by atoms with Crippen LogP contribution in [0.3, 0.4) is 0 Å². The molecule has 0 saturated carbocycles. The summed E-state index contributed by atoms with van der Waals surface area (Å²) in [5, 5.41) is 0. The maximum atomic E-state index is 5.13. The van der Waals surface area contributed by atoms with Crippen LogP contribution in [0.25, 0.3) is 0 Å². The number of methoxy groups -OCH3 is 2. The Morgan fingerprint density at radius 1 is 1.33 bits per heavy atom. The summed E-state index contributed by atoms with van der Waals surface area (Å²) in [6, 6.07) is 6.26. The molecule has 0 aliphatic heterocycles. The molecule has 0 spiro atoms. The second kappa shape index (κ2) is 6.53. The predicted octanol–water partition coefficient (Wildman–Crippen LogP) is 3.47. The molecule has 0 aliphatic carbocycles. The van der Waals surface area contributed by atoms with E-state index < -0.39 is 0 Å². The van der Waals surface area contributed by atoms with Crippen molar-refractivity contribution in [3.8, 4) is 0 Å². The Morgan fingerprint density at radius 2 is 2.00 bits per heavy atom. The molecule has 0 fully saturated rings. The first kappa shape index (κ1) is 13.0. The molecule has 2 nitrogen and oxygen atoms in total. The van der Waals surface area contributed by atoms with Gasteiger partial charge >= 0.3 is 0 Å². The van der Waals surface area contributed by atoms with Crippen molar-refractivity contribution in [1.82, 2.24) is 0 Å². The molecule has 0 heterocycles. The van der Waals surface area contributed by atoms with E-state index in [-0.39, 0.29) is 6.29 Å². The van der Waals surface area contributed by atoms with Gasteiger partial charge in [0.2, 0.25) is 0 Å². The Kier molecular flexibility index (Phi) is 5.68. The summed E-state index contributed by atoms with van der Waals surface area (Å²) in [6.07, 6.45) is -0.141. The van der Waals surface area contributed by atoms with Crippen LogP contribution in [0.15, 0.2) is 27.6 Å². The first-order chi connectivity index (χ1) is 7.17. The maximum absolute atomic E-state index is 5.13. The van der Waals surface area contributed by atoms with Crippen molar-refractivity contribution in [2.75, 3.05) is 20.0 Å². The van der Waals surface area contributed by atoms with E-state index in [2.05, 4.69) is 35.0 Å². The molecule has 4 heteroatoms. The van der Waals surface area contributed by atoms with Gasteiger partial charge in [0, 0.05) is 29.3 Å². The fourth-order valence-electron chi connectivity index (χ4n) is 1.16. The highest BCUT2D eigenvalue weighted by molar-refractivity contribution is 9.10. The molecule has 0 amide bonds. The lowest BCUT2D eigenvalue weighted by molar-refractivity contribution is -0.0842. The number of benzene rings is 1. The van der Waals surface area contributed by atoms with Crippen LogP contribution < -0.4 is 0 Å². The van der Waals surface area contributed by atoms with Gasteiger partial charge in [-0.05, 0) is 30.7 Å². The molecule has 0 aliphatic rings. The monoisotopic (exact) mass is 290 g/mol. The molecular weight excluding hydrogens is 276 g/mol. The summed E-state index contributed by atoms with van der Waals surface area (Å²) in [5.74, 6) is 0.801. The van der Waals surface area contributed by atoms with Gasteiger partial charge in [0.15, 0.2) is 6.29 Å². The van der Waals surface area contributed by atoms with Crippen molar-refractivity contribution in [2.45, 2.75) is 18.1 Å². The Bertz CT molecular complexity index is 313. The van der Waals surface area contributed by atoms with Gasteiger partial charge in [0.05, 0.1) is 0 Å². The highest BCUT2D eigenvalue weighted by atomic mass is 79.9. The molecular formula is C11H15BrO2S. The van der Waals surface area contributed by atoms with Crippen molar-refractivity contribution in [3.05, 3.63) is 28.2 Å². The van der Waals surface area contributed by atoms with Crippen LogP contribution in [0.1, 0.15) is 5.56 Å². The third-order valence-electron chi connectivity index (χ3n) is 2.04. The highest BCUT2D eigenvalue weighted by Gasteiger charge is 2.07. The van der Waals surface area contributed by atoms with Crippen LogP contribution in [-0.2, 0) is 9.47 Å². The van der Waals surface area contributed by atoms with Crippen LogP contribution in [-0.4, -0.2) is 26.3 Å². The summed E-state index contributed by atoms with van der Waals surface area (Å²) in [5.41, 5.74) is 1.26. The van der Waals surface area contributed by atoms with Crippen molar-refractivity contribution in [2.24, 2.45) is 0 Å². The molecule has 1 rings (SSSR count). The van der Waals surface area contributed by atoms with Crippen molar-refractivity contribution in [1.29, 1.82) is 0 Å². The predicted molar refractivity (Wildman–Crippen MR) is 67.4 cm³/mol. The van der Waals surface area contributed by atoms with E-state index in [0.717, 1.165) is 10.2 Å². The molecule has 0 N–H and O–H groups in total. The average Bonchev–Trinajstić information content (AvgIpc) is 2.22. The van der Waals surface area contributed by atoms with Crippen LogP contribution in [0, 0.1) is 6.92 Å². The van der Waals surface area contributed by atoms with Gasteiger partial charge in [-0.25, -0.2) is 0 Å². The molecule has 0 bridgehead atoms. The van der Waals surface area contributed by atoms with Gasteiger partial charge in [-0.2, -0.15) is 0 Å². The van der Waals surface area contributed by atoms with E-state index in [1.165, 1.54) is 10.5 Å². The second-order valence-electron chi connectivity index (χ2n) is 3.12. The Morgan fingerprint density at radius 3 is 2.53 bits per heavy atom. The van der Waals surface area contributed by atoms with Gasteiger partial charge in [-0.1, -0.05) is 15.9 Å². The van der Waals surface area contributed by atoms with E-state index in [1.54, 1.807) is 26.0 Å². The normalized spacial score (nSPS) is 11.0. The van der Waals surface area contributed by atoms with Crippen molar-refractivity contribution >= 4 is 27.7 Å². The molecule has 0 aromatic heterocycles. The van der Waals surface area contributed by atoms with Gasteiger partial charge in [0.1, 0.15) is 0 Å². The number of ether oxygens (including phenoxy) is 2. The summed E-state index contributed by atoms with van der Waals surface area (Å²) >= 11 is 5.19. The van der Waals surface area contributed by atoms with Crippen molar-refractivity contribution in [3.63, 3.8) is 0 Å². The van der Waals surface area contributed by atoms with E-state index in [4.69, 9.17) is 9.47 Å². The lowest BCUT2D eigenvalue weighted by Crippen LogP contribution is -2.15. The van der Waals surface area contributed by atoms with Gasteiger partial charge in [0.25, 0.3) is 0 Å². The number of rotatable bonds is 5. The largest absolute Gasteiger partial charge is 0.355 e. The maximum Gasteiger partial charge on any atom is 0.166 e. The Balaban J connectivity index is 2.57. The minimum atomic E-state index is -0.141. The van der Waals surface area contributed by atoms with E-state index in [0.29, 0.717) is 0 Å². The summed E-state index contributed by atoms with van der Waals surface area (Å²) in [6.45, 7) is 2.10. The molecule has 15 heavy (non-hydrogen) atoms. The third-order valence-corrected chi connectivity index (χ3v) is 3.74. The summed E-state index contributed by atoms with van der Waals surface area (Å²) in [7, 11) is 3.31. The lowest BCUT2D eigenvalue weighted by Gasteiger charge is -2.13. The van der Waals surface area contributed by atoms with Crippen molar-refractivity contribution < 1.29 is 9.47 Å². The lowest BCUT2D eigenvalue weighted by atomic mass is 10.2. The van der Waals surface area contributed by atoms with E-state index in [9.17, 15) is 0 Å². The Labute approximate surface area is 103 Å². The van der Waals surface area contributed by atoms with E-state index in [1.807, 2.05) is 6.07 Å². The first-order valence-corrected chi connectivity index (χ1v) is 6.39. The smallest absolute Gasteiger partial charge is 0.166 e. The fourth-order valence-corrected chi connectivity index (χ4v) is 2.68. The van der Waals surface area contributed by atoms with Crippen LogP contribution >= 0.6 is 27.7 Å². The zero-order valence-corrected chi connectivity index (χ0v) is 11.5. The molecule has 1 aromatic rings. The third kappa shape index (κ3) is 4.15. The first-order valence-electron chi connectivity index (χ1n) is 4.62. The van der Waals surface area contributed by atoms with E-state index >= 15 is 0 Å². The summed E-state index contributed by atoms with van der Waals surface area (Å²) in [4.78, 5) is 1.26. The minimum Gasteiger partial charge on any atom is -0.355 e. The molecule has 0 atom stereocenters.